The lowest BCUT2D eigenvalue weighted by molar-refractivity contribution is 0.123. The Morgan fingerprint density at radius 3 is 2.73 bits per heavy atom. The Morgan fingerprint density at radius 2 is 2.04 bits per heavy atom. The maximum absolute atomic E-state index is 13.1. The predicted molar refractivity (Wildman–Crippen MR) is 97.2 cm³/mol. The number of nitrogens with zero attached hydrogens (tertiary/aromatic N) is 3. The third-order valence-corrected chi connectivity index (χ3v) is 6.27. The summed E-state index contributed by atoms with van der Waals surface area (Å²) in [5.74, 6) is 0.655. The van der Waals surface area contributed by atoms with Crippen molar-refractivity contribution in [2.45, 2.75) is 30.8 Å². The highest BCUT2D eigenvalue weighted by molar-refractivity contribution is 7.89. The minimum atomic E-state index is -3.75. The van der Waals surface area contributed by atoms with E-state index in [-0.39, 0.29) is 23.3 Å². The monoisotopic (exact) mass is 397 g/mol. The molecule has 1 aliphatic rings. The van der Waals surface area contributed by atoms with Crippen molar-refractivity contribution in [3.63, 3.8) is 0 Å². The van der Waals surface area contributed by atoms with Gasteiger partial charge in [0.05, 0.1) is 19.3 Å². The van der Waals surface area contributed by atoms with Crippen molar-refractivity contribution in [1.29, 1.82) is 0 Å². The van der Waals surface area contributed by atoms with Gasteiger partial charge in [-0.3, -0.25) is 0 Å². The van der Waals surface area contributed by atoms with Crippen LogP contribution in [0.25, 0.3) is 0 Å². The molecule has 0 saturated carbocycles. The molecule has 0 amide bonds. The molecule has 0 radical (unpaired) electrons. The molecule has 0 spiro atoms. The van der Waals surface area contributed by atoms with Gasteiger partial charge in [-0.25, -0.2) is 8.42 Å². The highest BCUT2D eigenvalue weighted by Crippen LogP contribution is 2.31. The van der Waals surface area contributed by atoms with Gasteiger partial charge in [0.25, 0.3) is 0 Å². The minimum Gasteiger partial charge on any atom is -0.495 e. The van der Waals surface area contributed by atoms with E-state index >= 15 is 0 Å². The van der Waals surface area contributed by atoms with E-state index < -0.39 is 10.0 Å². The predicted octanol–water partition coefficient (Wildman–Crippen LogP) is 2.68. The maximum atomic E-state index is 13.1. The second kappa shape index (κ2) is 7.77. The van der Waals surface area contributed by atoms with E-state index in [9.17, 15) is 8.42 Å². The fourth-order valence-electron chi connectivity index (χ4n) is 2.83. The van der Waals surface area contributed by atoms with Gasteiger partial charge in [-0.15, -0.1) is 5.10 Å². The maximum Gasteiger partial charge on any atom is 0.246 e. The highest BCUT2D eigenvalue weighted by Gasteiger charge is 2.33. The molecule has 2 aromatic rings. The van der Waals surface area contributed by atoms with Gasteiger partial charge in [0.2, 0.25) is 15.9 Å². The van der Waals surface area contributed by atoms with Crippen LogP contribution in [0.5, 0.6) is 11.6 Å². The van der Waals surface area contributed by atoms with Crippen molar-refractivity contribution in [2.75, 3.05) is 20.2 Å². The molecule has 0 N–H and O–H groups in total. The van der Waals surface area contributed by atoms with Crippen LogP contribution < -0.4 is 9.47 Å². The highest BCUT2D eigenvalue weighted by atomic mass is 35.5. The number of hydrogen-bond acceptors (Lipinski definition) is 6. The number of ether oxygens (including phenoxy) is 2. The molecule has 26 heavy (non-hydrogen) atoms. The molecule has 1 fully saturated rings. The Kier molecular flexibility index (Phi) is 5.64. The van der Waals surface area contributed by atoms with Crippen LogP contribution >= 0.6 is 11.6 Å². The Morgan fingerprint density at radius 1 is 1.23 bits per heavy atom. The third-order valence-electron chi connectivity index (χ3n) is 4.15. The minimum absolute atomic E-state index is 0.0586. The van der Waals surface area contributed by atoms with E-state index in [0.29, 0.717) is 23.9 Å². The Bertz CT molecular complexity index is 874. The van der Waals surface area contributed by atoms with Crippen LogP contribution in [0.15, 0.2) is 35.2 Å². The van der Waals surface area contributed by atoms with Crippen molar-refractivity contribution in [3.8, 4) is 11.6 Å². The van der Waals surface area contributed by atoms with Gasteiger partial charge in [-0.1, -0.05) is 11.6 Å². The number of sulfonamides is 1. The molecule has 0 aliphatic carbocycles. The van der Waals surface area contributed by atoms with Gasteiger partial charge in [0.1, 0.15) is 16.7 Å². The first-order valence-electron chi connectivity index (χ1n) is 8.21. The summed E-state index contributed by atoms with van der Waals surface area (Å²) in [6.07, 6.45) is 1.14. The number of piperidine rings is 1. The number of benzene rings is 1. The zero-order chi connectivity index (χ0) is 18.7. The van der Waals surface area contributed by atoms with Crippen molar-refractivity contribution in [1.82, 2.24) is 14.5 Å². The summed E-state index contributed by atoms with van der Waals surface area (Å²) in [6.45, 7) is 2.48. The van der Waals surface area contributed by atoms with Crippen molar-refractivity contribution in [2.24, 2.45) is 0 Å². The SMILES string of the molecule is COc1ccc(Cl)cc1S(=O)(=O)N1CCCC(Oc2ccc(C)nn2)C1. The van der Waals surface area contributed by atoms with Crippen molar-refractivity contribution < 1.29 is 17.9 Å². The van der Waals surface area contributed by atoms with Crippen molar-refractivity contribution >= 4 is 21.6 Å². The zero-order valence-electron chi connectivity index (χ0n) is 14.6. The lowest BCUT2D eigenvalue weighted by Crippen LogP contribution is -2.44. The number of hydrogen-bond donors (Lipinski definition) is 0. The van der Waals surface area contributed by atoms with Crippen LogP contribution in [0.1, 0.15) is 18.5 Å². The summed E-state index contributed by atoms with van der Waals surface area (Å²) in [7, 11) is -2.32. The molecule has 2 heterocycles. The third kappa shape index (κ3) is 4.08. The molecule has 7 nitrogen and oxygen atoms in total. The smallest absolute Gasteiger partial charge is 0.246 e. The number of halogens is 1. The van der Waals surface area contributed by atoms with Crippen LogP contribution in [0, 0.1) is 6.92 Å². The molecular weight excluding hydrogens is 378 g/mol. The summed E-state index contributed by atoms with van der Waals surface area (Å²) in [5.41, 5.74) is 0.790. The van der Waals surface area contributed by atoms with Gasteiger partial charge in [0.15, 0.2) is 0 Å². The topological polar surface area (TPSA) is 81.6 Å². The normalized spacial score (nSPS) is 18.5. The Balaban J connectivity index is 1.80. The first kappa shape index (κ1) is 18.9. The average molecular weight is 398 g/mol. The lowest BCUT2D eigenvalue weighted by atomic mass is 10.1. The fraction of sp³-hybridized carbons (Fsp3) is 0.412. The van der Waals surface area contributed by atoms with E-state index in [0.717, 1.165) is 12.1 Å². The molecule has 1 aliphatic heterocycles. The lowest BCUT2D eigenvalue weighted by Gasteiger charge is -2.32. The molecule has 140 valence electrons. The summed E-state index contributed by atoms with van der Waals surface area (Å²) in [6, 6.07) is 8.09. The van der Waals surface area contributed by atoms with Crippen LogP contribution in [-0.4, -0.2) is 49.2 Å². The standard InChI is InChI=1S/C17H20ClN3O4S/c1-12-5-8-17(20-19-12)25-14-4-3-9-21(11-14)26(22,23)16-10-13(18)6-7-15(16)24-2/h5-8,10,14H,3-4,9,11H2,1-2H3. The van der Waals surface area contributed by atoms with Crippen LogP contribution in [0.3, 0.4) is 0 Å². The first-order valence-corrected chi connectivity index (χ1v) is 10.0. The van der Waals surface area contributed by atoms with Gasteiger partial charge in [-0.2, -0.15) is 9.40 Å². The van der Waals surface area contributed by atoms with Gasteiger partial charge < -0.3 is 9.47 Å². The quantitative estimate of drug-likeness (QED) is 0.771. The molecule has 1 saturated heterocycles. The van der Waals surface area contributed by atoms with Crippen molar-refractivity contribution in [3.05, 3.63) is 41.0 Å². The Labute approximate surface area is 157 Å². The molecule has 9 heteroatoms. The molecule has 1 atom stereocenters. The molecule has 0 bridgehead atoms. The summed E-state index contributed by atoms with van der Waals surface area (Å²) in [5, 5.41) is 8.27. The van der Waals surface area contributed by atoms with E-state index in [1.807, 2.05) is 6.92 Å². The van der Waals surface area contributed by atoms with Crippen LogP contribution in [0.4, 0.5) is 0 Å². The summed E-state index contributed by atoms with van der Waals surface area (Å²) in [4.78, 5) is 0.0586. The molecule has 1 unspecified atom stereocenters. The molecular formula is C17H20ClN3O4S. The van der Waals surface area contributed by atoms with Crippen LogP contribution in [0.2, 0.25) is 5.02 Å². The second-order valence-electron chi connectivity index (χ2n) is 6.05. The van der Waals surface area contributed by atoms with E-state index in [4.69, 9.17) is 21.1 Å². The van der Waals surface area contributed by atoms with Gasteiger partial charge >= 0.3 is 0 Å². The van der Waals surface area contributed by atoms with E-state index in [2.05, 4.69) is 10.2 Å². The molecule has 3 rings (SSSR count). The van der Waals surface area contributed by atoms with E-state index in [1.54, 1.807) is 24.3 Å². The number of aryl methyl sites for hydroxylation is 1. The summed E-state index contributed by atoms with van der Waals surface area (Å²) >= 11 is 5.99. The largest absolute Gasteiger partial charge is 0.495 e. The molecule has 1 aromatic carbocycles. The number of rotatable bonds is 5. The van der Waals surface area contributed by atoms with Gasteiger partial charge in [-0.05, 0) is 44.0 Å². The first-order chi connectivity index (χ1) is 12.4. The van der Waals surface area contributed by atoms with E-state index in [1.165, 1.54) is 17.5 Å². The zero-order valence-corrected chi connectivity index (χ0v) is 16.1. The van der Waals surface area contributed by atoms with Crippen LogP contribution in [-0.2, 0) is 10.0 Å². The number of methoxy groups -OCH3 is 1. The average Bonchev–Trinajstić information content (AvgIpc) is 2.64. The Hall–Kier alpha value is -1.90. The fourth-order valence-corrected chi connectivity index (χ4v) is 4.76. The second-order valence-corrected chi connectivity index (χ2v) is 8.40. The molecule has 1 aromatic heterocycles. The summed E-state index contributed by atoms with van der Waals surface area (Å²) < 4.78 is 38.5. The van der Waals surface area contributed by atoms with Gasteiger partial charge in [0, 0.05) is 17.6 Å². The number of aromatic nitrogens is 2.